The van der Waals surface area contributed by atoms with E-state index in [0.29, 0.717) is 58.1 Å². The number of hydrogen-bond donors (Lipinski definition) is 0. The van der Waals surface area contributed by atoms with Crippen LogP contribution in [0.2, 0.25) is 0 Å². The Labute approximate surface area is 287 Å². The summed E-state index contributed by atoms with van der Waals surface area (Å²) >= 11 is 1.45. The van der Waals surface area contributed by atoms with Crippen molar-refractivity contribution >= 4 is 22.6 Å². The summed E-state index contributed by atoms with van der Waals surface area (Å²) in [6.45, 7) is 5.31. The van der Waals surface area contributed by atoms with Crippen LogP contribution in [0.25, 0.3) is 45.3 Å². The molecule has 254 valence electrons. The maximum Gasteiger partial charge on any atom is 0.218 e. The first kappa shape index (κ1) is 35.5. The average molecular weight is 707 g/mol. The van der Waals surface area contributed by atoms with Crippen LogP contribution >= 0.6 is 11.8 Å². The molecule has 1 atom stereocenters. The number of ether oxygens (including phenoxy) is 2. The van der Waals surface area contributed by atoms with Crippen molar-refractivity contribution in [1.82, 2.24) is 49.9 Å². The summed E-state index contributed by atoms with van der Waals surface area (Å²) in [5, 5.41) is 17.6. The van der Waals surface area contributed by atoms with Gasteiger partial charge >= 0.3 is 0 Å². The first-order valence-electron chi connectivity index (χ1n) is 14.9. The van der Waals surface area contributed by atoms with Crippen LogP contribution in [-0.2, 0) is 33.7 Å². The minimum Gasteiger partial charge on any atom is -0.359 e. The molecular weight excluding hydrogens is 675 g/mol. The lowest BCUT2D eigenvalue weighted by atomic mass is 10.1. The van der Waals surface area contributed by atoms with Crippen molar-refractivity contribution in [3.8, 4) is 45.3 Å². The van der Waals surface area contributed by atoms with E-state index in [1.165, 1.54) is 48.5 Å². The van der Waals surface area contributed by atoms with E-state index in [-0.39, 0.29) is 30.3 Å². The zero-order valence-corrected chi connectivity index (χ0v) is 28.7. The molecule has 0 amide bonds. The van der Waals surface area contributed by atoms with Crippen LogP contribution in [0.3, 0.4) is 0 Å². The van der Waals surface area contributed by atoms with E-state index in [0.717, 1.165) is 5.56 Å². The molecule has 4 heterocycles. The van der Waals surface area contributed by atoms with Gasteiger partial charge in [0.25, 0.3) is 0 Å². The molecular formula is C32H32F2N10O3S2. The van der Waals surface area contributed by atoms with Crippen LogP contribution in [-0.4, -0.2) is 79.9 Å². The van der Waals surface area contributed by atoms with Gasteiger partial charge in [0.05, 0.1) is 22.2 Å². The molecule has 0 spiro atoms. The molecule has 6 aromatic rings. The number of nitrogens with zero attached hydrogens (tertiary/aromatic N) is 10. The fraction of sp³-hybridized carbons (Fsp3) is 0.250. The van der Waals surface area contributed by atoms with Crippen LogP contribution < -0.4 is 0 Å². The highest BCUT2D eigenvalue weighted by Gasteiger charge is 2.20. The summed E-state index contributed by atoms with van der Waals surface area (Å²) in [4.78, 5) is 17.1. The second-order valence-electron chi connectivity index (χ2n) is 9.94. The third-order valence-electron chi connectivity index (χ3n) is 6.73. The van der Waals surface area contributed by atoms with Gasteiger partial charge in [0.2, 0.25) is 5.16 Å². The summed E-state index contributed by atoms with van der Waals surface area (Å²) in [5.74, 6) is -0.633. The second kappa shape index (κ2) is 17.0. The van der Waals surface area contributed by atoms with Gasteiger partial charge in [-0.15, -0.1) is 10.2 Å². The summed E-state index contributed by atoms with van der Waals surface area (Å²) in [7, 11) is -1.32. The molecule has 0 aliphatic heterocycles. The van der Waals surface area contributed by atoms with Crippen LogP contribution in [0.1, 0.15) is 13.8 Å². The quantitative estimate of drug-likeness (QED) is 0.116. The van der Waals surface area contributed by atoms with E-state index in [1.807, 2.05) is 20.1 Å². The lowest BCUT2D eigenvalue weighted by Gasteiger charge is -2.08. The number of benzene rings is 2. The minimum absolute atomic E-state index is 0.189. The van der Waals surface area contributed by atoms with Crippen molar-refractivity contribution in [2.75, 3.05) is 25.7 Å². The van der Waals surface area contributed by atoms with Gasteiger partial charge in [0.1, 0.15) is 47.9 Å². The highest BCUT2D eigenvalue weighted by Crippen LogP contribution is 2.31. The van der Waals surface area contributed by atoms with Crippen molar-refractivity contribution in [3.63, 3.8) is 0 Å². The van der Waals surface area contributed by atoms with E-state index in [2.05, 4.69) is 40.6 Å². The smallest absolute Gasteiger partial charge is 0.218 e. The van der Waals surface area contributed by atoms with Crippen LogP contribution in [0.4, 0.5) is 8.78 Å². The van der Waals surface area contributed by atoms with Crippen LogP contribution in [0, 0.1) is 11.6 Å². The molecule has 4 aromatic heterocycles. The van der Waals surface area contributed by atoms with Crippen molar-refractivity contribution in [2.45, 2.75) is 37.6 Å². The molecule has 0 aliphatic carbocycles. The normalized spacial score (nSPS) is 11.6. The van der Waals surface area contributed by atoms with Gasteiger partial charge in [-0.2, -0.15) is 0 Å². The van der Waals surface area contributed by atoms with Crippen molar-refractivity contribution < 1.29 is 22.5 Å². The fourth-order valence-corrected chi connectivity index (χ4v) is 5.25. The van der Waals surface area contributed by atoms with Gasteiger partial charge in [-0.1, -0.05) is 22.2 Å². The van der Waals surface area contributed by atoms with E-state index in [9.17, 15) is 13.0 Å². The molecule has 13 nitrogen and oxygen atoms in total. The zero-order chi connectivity index (χ0) is 34.8. The predicted octanol–water partition coefficient (Wildman–Crippen LogP) is 5.53. The van der Waals surface area contributed by atoms with Gasteiger partial charge in [-0.25, -0.2) is 38.1 Å². The number of rotatable bonds is 12. The molecule has 6 rings (SSSR count). The number of thioether (sulfide) groups is 1. The van der Waals surface area contributed by atoms with Gasteiger partial charge in [0, 0.05) is 43.0 Å². The molecule has 0 radical (unpaired) electrons. The Bertz CT molecular complexity index is 2010. The number of aromatic nitrogens is 10. The van der Waals surface area contributed by atoms with Gasteiger partial charge in [-0.3, -0.25) is 4.21 Å². The van der Waals surface area contributed by atoms with Gasteiger partial charge in [-0.05, 0) is 80.8 Å². The molecule has 0 saturated heterocycles. The summed E-state index contributed by atoms with van der Waals surface area (Å²) in [5.41, 5.74) is 5.13. The first-order valence-corrected chi connectivity index (χ1v) is 17.7. The molecule has 17 heteroatoms. The maximum atomic E-state index is 13.2. The minimum atomic E-state index is -1.32. The highest BCUT2D eigenvalue weighted by molar-refractivity contribution is 7.98. The number of halogens is 2. The second-order valence-corrected chi connectivity index (χ2v) is 12.0. The van der Waals surface area contributed by atoms with Crippen LogP contribution in [0.5, 0.6) is 0 Å². The van der Waals surface area contributed by atoms with Crippen molar-refractivity contribution in [2.24, 2.45) is 0 Å². The Morgan fingerprint density at radius 2 is 1.18 bits per heavy atom. The third-order valence-corrected chi connectivity index (χ3v) is 8.01. The van der Waals surface area contributed by atoms with E-state index < -0.39 is 10.8 Å². The average Bonchev–Trinajstić information content (AvgIpc) is 3.75. The van der Waals surface area contributed by atoms with Gasteiger partial charge in [0.15, 0.2) is 5.16 Å². The Morgan fingerprint density at radius 3 is 1.63 bits per heavy atom. The SMILES string of the molecule is CCOCn1nnc(-c2ccc(F)cc2)c1-c1ccnc(S(C)=O)n1.CCOCn1nnc(-c2ccc(F)cc2)c1-c1ccnc(SC)n1. The standard InChI is InChI=1S/C16H16FN5O2S.C16H16FN5OS/c1-3-24-10-22-15(13-8-9-18-16(19-13)25(2)23)14(20-21-22)11-4-6-12(17)7-5-11;1-3-23-10-22-15(13-8-9-18-16(19-13)24-2)14(20-21-22)11-4-6-12(17)7-5-11/h4-9H,3,10H2,1-2H3;4-9H,3,10H2,1-2H3. The van der Waals surface area contributed by atoms with E-state index in [1.54, 1.807) is 52.0 Å². The largest absolute Gasteiger partial charge is 0.359 e. The lowest BCUT2D eigenvalue weighted by molar-refractivity contribution is 0.0789. The molecule has 0 bridgehead atoms. The zero-order valence-electron chi connectivity index (χ0n) is 27.0. The van der Waals surface area contributed by atoms with Crippen molar-refractivity contribution in [1.29, 1.82) is 0 Å². The summed E-state index contributed by atoms with van der Waals surface area (Å²) in [6, 6.07) is 15.6. The topological polar surface area (TPSA) is 149 Å². The van der Waals surface area contributed by atoms with Crippen molar-refractivity contribution in [3.05, 3.63) is 84.7 Å². The lowest BCUT2D eigenvalue weighted by Crippen LogP contribution is -2.08. The molecule has 0 N–H and O–H groups in total. The Balaban J connectivity index is 0.000000191. The Hall–Kier alpha value is -4.84. The van der Waals surface area contributed by atoms with Gasteiger partial charge < -0.3 is 9.47 Å². The summed E-state index contributed by atoms with van der Waals surface area (Å²) in [6.07, 6.45) is 6.65. The van der Waals surface area contributed by atoms with E-state index >= 15 is 0 Å². The van der Waals surface area contributed by atoms with Crippen LogP contribution in [0.15, 0.2) is 83.4 Å². The number of hydrogen-bond acceptors (Lipinski definition) is 12. The fourth-order valence-electron chi connectivity index (χ4n) is 4.46. The Kier molecular flexibility index (Phi) is 12.3. The molecule has 1 unspecified atom stereocenters. The Morgan fingerprint density at radius 1 is 0.714 bits per heavy atom. The third kappa shape index (κ3) is 8.80. The molecule has 2 aromatic carbocycles. The molecule has 0 fully saturated rings. The molecule has 0 aliphatic rings. The first-order chi connectivity index (χ1) is 23.8. The predicted molar refractivity (Wildman–Crippen MR) is 180 cm³/mol. The monoisotopic (exact) mass is 706 g/mol. The molecule has 49 heavy (non-hydrogen) atoms. The summed E-state index contributed by atoms with van der Waals surface area (Å²) < 4.78 is 52.2. The molecule has 0 saturated carbocycles. The van der Waals surface area contributed by atoms with E-state index in [4.69, 9.17) is 9.47 Å². The maximum absolute atomic E-state index is 13.2. The highest BCUT2D eigenvalue weighted by atomic mass is 32.2.